The highest BCUT2D eigenvalue weighted by Gasteiger charge is 2.25. The summed E-state index contributed by atoms with van der Waals surface area (Å²) in [6.45, 7) is 0. The van der Waals surface area contributed by atoms with Crippen molar-refractivity contribution in [1.29, 1.82) is 0 Å². The van der Waals surface area contributed by atoms with Crippen LogP contribution in [0.2, 0.25) is 0 Å². The van der Waals surface area contributed by atoms with Crippen molar-refractivity contribution in [2.24, 2.45) is 5.10 Å². The Labute approximate surface area is 90.5 Å². The third kappa shape index (κ3) is 1.66. The number of rotatable bonds is 1. The summed E-state index contributed by atoms with van der Waals surface area (Å²) in [5, 5.41) is 5.97. The molecule has 0 aromatic heterocycles. The molecule has 2 rings (SSSR count). The number of halogens is 2. The molecule has 0 N–H and O–H groups in total. The average molecular weight is 257 g/mol. The molecule has 1 atom stereocenters. The standard InChI is InChI=1S/C10H10BrFN2/c1-14-9(6-10(11)13-14)7-4-2-3-5-8(7)12/h2-5,9H,6H2,1H3. The monoisotopic (exact) mass is 256 g/mol. The predicted molar refractivity (Wildman–Crippen MR) is 57.9 cm³/mol. The molecule has 0 saturated heterocycles. The van der Waals surface area contributed by atoms with Gasteiger partial charge in [-0.1, -0.05) is 18.2 Å². The molecule has 1 aromatic rings. The van der Waals surface area contributed by atoms with E-state index in [1.807, 2.05) is 13.1 Å². The summed E-state index contributed by atoms with van der Waals surface area (Å²) >= 11 is 3.33. The van der Waals surface area contributed by atoms with E-state index in [0.717, 1.165) is 11.0 Å². The molecule has 0 spiro atoms. The molecule has 2 nitrogen and oxygen atoms in total. The number of hydrogen-bond donors (Lipinski definition) is 0. The Morgan fingerprint density at radius 2 is 2.21 bits per heavy atom. The van der Waals surface area contributed by atoms with Crippen LogP contribution in [0.5, 0.6) is 0 Å². The quantitative estimate of drug-likeness (QED) is 0.755. The van der Waals surface area contributed by atoms with Crippen molar-refractivity contribution >= 4 is 20.6 Å². The smallest absolute Gasteiger partial charge is 0.128 e. The van der Waals surface area contributed by atoms with Gasteiger partial charge in [0.2, 0.25) is 0 Å². The highest BCUT2D eigenvalue weighted by molar-refractivity contribution is 9.18. The third-order valence-corrected chi connectivity index (χ3v) is 2.83. The van der Waals surface area contributed by atoms with Crippen molar-refractivity contribution in [3.8, 4) is 0 Å². The fourth-order valence-corrected chi connectivity index (χ4v) is 2.19. The summed E-state index contributed by atoms with van der Waals surface area (Å²) in [6, 6.07) is 6.85. The van der Waals surface area contributed by atoms with Gasteiger partial charge in [0.1, 0.15) is 10.4 Å². The van der Waals surface area contributed by atoms with Crippen LogP contribution in [0, 0.1) is 5.82 Å². The summed E-state index contributed by atoms with van der Waals surface area (Å²) in [7, 11) is 1.85. The SMILES string of the molecule is CN1N=C(Br)CC1c1ccccc1F. The molecule has 1 heterocycles. The van der Waals surface area contributed by atoms with Gasteiger partial charge in [0.05, 0.1) is 6.04 Å². The lowest BCUT2D eigenvalue weighted by atomic mass is 10.0. The molecule has 1 unspecified atom stereocenters. The lowest BCUT2D eigenvalue weighted by molar-refractivity contribution is 0.283. The van der Waals surface area contributed by atoms with Gasteiger partial charge in [0.15, 0.2) is 0 Å². The number of benzene rings is 1. The maximum absolute atomic E-state index is 13.4. The fourth-order valence-electron chi connectivity index (χ4n) is 1.63. The molecule has 0 amide bonds. The minimum Gasteiger partial charge on any atom is -0.291 e. The minimum atomic E-state index is -0.165. The van der Waals surface area contributed by atoms with Gasteiger partial charge in [-0.3, -0.25) is 5.01 Å². The summed E-state index contributed by atoms with van der Waals surface area (Å²) in [5.74, 6) is -0.165. The molecule has 1 aromatic carbocycles. The molecule has 0 bridgehead atoms. The van der Waals surface area contributed by atoms with Gasteiger partial charge in [-0.25, -0.2) is 4.39 Å². The minimum absolute atomic E-state index is 0.0191. The number of hydrogen-bond acceptors (Lipinski definition) is 2. The van der Waals surface area contributed by atoms with Gasteiger partial charge in [-0.05, 0) is 22.0 Å². The highest BCUT2D eigenvalue weighted by Crippen LogP contribution is 2.31. The summed E-state index contributed by atoms with van der Waals surface area (Å²) in [5.41, 5.74) is 0.702. The summed E-state index contributed by atoms with van der Waals surface area (Å²) in [4.78, 5) is 0. The van der Waals surface area contributed by atoms with Gasteiger partial charge in [0, 0.05) is 19.0 Å². The molecule has 74 valence electrons. The lowest BCUT2D eigenvalue weighted by Crippen LogP contribution is -2.15. The Bertz CT molecular complexity index is 378. The molecule has 1 aliphatic heterocycles. The highest BCUT2D eigenvalue weighted by atomic mass is 79.9. The van der Waals surface area contributed by atoms with Crippen LogP contribution in [0.15, 0.2) is 29.4 Å². The second-order valence-electron chi connectivity index (χ2n) is 3.29. The zero-order chi connectivity index (χ0) is 10.1. The van der Waals surface area contributed by atoms with Crippen molar-refractivity contribution in [1.82, 2.24) is 5.01 Å². The average Bonchev–Trinajstić information content (AvgIpc) is 2.46. The van der Waals surface area contributed by atoms with Crippen LogP contribution >= 0.6 is 15.9 Å². The molecule has 0 radical (unpaired) electrons. The van der Waals surface area contributed by atoms with Gasteiger partial charge >= 0.3 is 0 Å². The van der Waals surface area contributed by atoms with E-state index in [2.05, 4.69) is 21.0 Å². The van der Waals surface area contributed by atoms with Crippen molar-refractivity contribution in [3.05, 3.63) is 35.6 Å². The Morgan fingerprint density at radius 1 is 1.50 bits per heavy atom. The van der Waals surface area contributed by atoms with Gasteiger partial charge in [0.25, 0.3) is 0 Å². The maximum atomic E-state index is 13.4. The van der Waals surface area contributed by atoms with Gasteiger partial charge < -0.3 is 0 Å². The molecule has 0 aliphatic carbocycles. The third-order valence-electron chi connectivity index (χ3n) is 2.34. The number of nitrogens with zero attached hydrogens (tertiary/aromatic N) is 2. The van der Waals surface area contributed by atoms with Crippen LogP contribution in [0.4, 0.5) is 4.39 Å². The van der Waals surface area contributed by atoms with Gasteiger partial charge in [-0.15, -0.1) is 0 Å². The van der Waals surface area contributed by atoms with Crippen LogP contribution in [0.1, 0.15) is 18.0 Å². The van der Waals surface area contributed by atoms with Crippen LogP contribution in [0.3, 0.4) is 0 Å². The zero-order valence-electron chi connectivity index (χ0n) is 7.74. The molecule has 1 aliphatic rings. The van der Waals surface area contributed by atoms with Crippen LogP contribution in [0.25, 0.3) is 0 Å². The molecular formula is C10H10BrFN2. The normalized spacial score (nSPS) is 21.2. The Balaban J connectivity index is 2.30. The Morgan fingerprint density at radius 3 is 2.79 bits per heavy atom. The van der Waals surface area contributed by atoms with Crippen LogP contribution < -0.4 is 0 Å². The summed E-state index contributed by atoms with van der Waals surface area (Å²) < 4.78 is 14.3. The van der Waals surface area contributed by atoms with E-state index in [-0.39, 0.29) is 11.9 Å². The summed E-state index contributed by atoms with van der Waals surface area (Å²) in [6.07, 6.45) is 0.734. The fraction of sp³-hybridized carbons (Fsp3) is 0.300. The van der Waals surface area contributed by atoms with E-state index in [1.54, 1.807) is 17.1 Å². The van der Waals surface area contributed by atoms with Crippen molar-refractivity contribution < 1.29 is 4.39 Å². The van der Waals surface area contributed by atoms with Crippen molar-refractivity contribution in [2.45, 2.75) is 12.5 Å². The molecule has 14 heavy (non-hydrogen) atoms. The molecule has 4 heteroatoms. The van der Waals surface area contributed by atoms with Crippen LogP contribution in [-0.4, -0.2) is 16.7 Å². The van der Waals surface area contributed by atoms with E-state index < -0.39 is 0 Å². The second-order valence-corrected chi connectivity index (χ2v) is 4.21. The Kier molecular flexibility index (Phi) is 2.54. The predicted octanol–water partition coefficient (Wildman–Crippen LogP) is 2.91. The first-order chi connectivity index (χ1) is 6.68. The van der Waals surface area contributed by atoms with E-state index in [1.165, 1.54) is 6.07 Å². The van der Waals surface area contributed by atoms with Crippen molar-refractivity contribution in [2.75, 3.05) is 7.05 Å². The van der Waals surface area contributed by atoms with Crippen molar-refractivity contribution in [3.63, 3.8) is 0 Å². The van der Waals surface area contributed by atoms with Crippen LogP contribution in [-0.2, 0) is 0 Å². The first-order valence-electron chi connectivity index (χ1n) is 4.38. The zero-order valence-corrected chi connectivity index (χ0v) is 9.33. The van der Waals surface area contributed by atoms with E-state index in [0.29, 0.717) is 5.56 Å². The number of hydrazone groups is 1. The topological polar surface area (TPSA) is 15.6 Å². The molecular weight excluding hydrogens is 247 g/mol. The van der Waals surface area contributed by atoms with E-state index in [4.69, 9.17) is 0 Å². The van der Waals surface area contributed by atoms with E-state index in [9.17, 15) is 4.39 Å². The maximum Gasteiger partial charge on any atom is 0.128 e. The molecule has 0 saturated carbocycles. The Hall–Kier alpha value is -0.900. The second kappa shape index (κ2) is 3.69. The molecule has 0 fully saturated rings. The lowest BCUT2D eigenvalue weighted by Gasteiger charge is -2.19. The van der Waals surface area contributed by atoms with Gasteiger partial charge in [-0.2, -0.15) is 5.10 Å². The first-order valence-corrected chi connectivity index (χ1v) is 5.18. The first kappa shape index (κ1) is 9.65. The van der Waals surface area contributed by atoms with E-state index >= 15 is 0 Å². The largest absolute Gasteiger partial charge is 0.291 e.